The molecule has 14 heavy (non-hydrogen) atoms. The molecule has 0 bridgehead atoms. The van der Waals surface area contributed by atoms with E-state index in [1.54, 1.807) is 12.1 Å². The second kappa shape index (κ2) is 5.86. The van der Waals surface area contributed by atoms with Crippen molar-refractivity contribution in [1.29, 1.82) is 0 Å². The summed E-state index contributed by atoms with van der Waals surface area (Å²) in [6.07, 6.45) is 0. The summed E-state index contributed by atoms with van der Waals surface area (Å²) in [6, 6.07) is 9.12. The third kappa shape index (κ3) is 4.46. The zero-order chi connectivity index (χ0) is 10.4. The van der Waals surface area contributed by atoms with E-state index in [0.29, 0.717) is 5.75 Å². The minimum Gasteiger partial charge on any atom is -0.480 e. The van der Waals surface area contributed by atoms with Crippen LogP contribution in [0.4, 0.5) is 0 Å². The van der Waals surface area contributed by atoms with Crippen LogP contribution in [0, 0.1) is 0 Å². The third-order valence-electron chi connectivity index (χ3n) is 1.30. The molecule has 0 heterocycles. The van der Waals surface area contributed by atoms with Crippen LogP contribution in [0.15, 0.2) is 30.3 Å². The van der Waals surface area contributed by atoms with Crippen molar-refractivity contribution in [2.24, 2.45) is 0 Å². The first-order valence-corrected chi connectivity index (χ1v) is 6.27. The molecule has 0 aromatic heterocycles. The molecule has 0 radical (unpaired) electrons. The van der Waals surface area contributed by atoms with Gasteiger partial charge >= 0.3 is 5.97 Å². The number of rotatable bonds is 5. The number of benzene rings is 1. The minimum absolute atomic E-state index is 0.151. The molecule has 4 nitrogen and oxygen atoms in total. The number of nitrogens with one attached hydrogen (secondary N) is 1. The molecule has 76 valence electrons. The molecular weight excluding hydrogens is 221 g/mol. The molecule has 0 aliphatic carbocycles. The van der Waals surface area contributed by atoms with Crippen molar-refractivity contribution in [3.8, 4) is 5.75 Å². The van der Waals surface area contributed by atoms with Crippen LogP contribution in [0.5, 0.6) is 5.75 Å². The number of hydrogen-bond donors (Lipinski definition) is 3. The molecule has 1 atom stereocenters. The second-order valence-corrected chi connectivity index (χ2v) is 4.54. The Morgan fingerprint density at radius 1 is 1.50 bits per heavy atom. The number of para-hydroxylation sites is 1. The van der Waals surface area contributed by atoms with E-state index >= 15 is 0 Å². The third-order valence-corrected chi connectivity index (χ3v) is 2.78. The van der Waals surface area contributed by atoms with E-state index in [0.717, 1.165) is 0 Å². The quantitative estimate of drug-likeness (QED) is 0.535. The molecule has 0 spiro atoms. The number of carbonyl (C=O) groups is 1. The van der Waals surface area contributed by atoms with Gasteiger partial charge in [0.05, 0.1) is 0 Å². The molecule has 0 aliphatic heterocycles. The lowest BCUT2D eigenvalue weighted by Gasteiger charge is -2.12. The zero-order valence-corrected chi connectivity index (χ0v) is 9.04. The number of carboxylic acids is 1. The Morgan fingerprint density at radius 2 is 2.14 bits per heavy atom. The van der Waals surface area contributed by atoms with E-state index in [1.807, 2.05) is 18.2 Å². The molecule has 1 rings (SSSR count). The monoisotopic (exact) mass is 231 g/mol. The van der Waals surface area contributed by atoms with E-state index in [9.17, 15) is 4.79 Å². The van der Waals surface area contributed by atoms with Crippen molar-refractivity contribution >= 4 is 25.7 Å². The molecule has 0 saturated heterocycles. The summed E-state index contributed by atoms with van der Waals surface area (Å²) < 4.78 is 5.32. The highest BCUT2D eigenvalue weighted by atomic mass is 32.7. The molecule has 0 aliphatic rings. The van der Waals surface area contributed by atoms with Crippen molar-refractivity contribution in [3.63, 3.8) is 0 Å². The predicted octanol–water partition coefficient (Wildman–Crippen LogP) is 1.90. The Hall–Kier alpha value is -0.770. The van der Waals surface area contributed by atoms with Crippen LogP contribution in [0.3, 0.4) is 0 Å². The summed E-state index contributed by atoms with van der Waals surface area (Å²) >= 11 is 4.08. The lowest BCUT2D eigenvalue weighted by Crippen LogP contribution is -2.17. The van der Waals surface area contributed by atoms with E-state index in [4.69, 9.17) is 9.63 Å². The van der Waals surface area contributed by atoms with Crippen LogP contribution < -0.4 is 9.61 Å². The summed E-state index contributed by atoms with van der Waals surface area (Å²) in [5.41, 5.74) is 0. The Labute approximate surface area is 88.3 Å². The van der Waals surface area contributed by atoms with Gasteiger partial charge < -0.3 is 9.63 Å². The van der Waals surface area contributed by atoms with Crippen LogP contribution in [0.1, 0.15) is 0 Å². The molecule has 1 aromatic rings. The highest BCUT2D eigenvalue weighted by molar-refractivity contribution is 8.43. The van der Waals surface area contributed by atoms with Crippen LogP contribution in [0.25, 0.3) is 0 Å². The van der Waals surface area contributed by atoms with Crippen LogP contribution in [-0.4, -0.2) is 17.6 Å². The van der Waals surface area contributed by atoms with Crippen molar-refractivity contribution < 1.29 is 14.4 Å². The first-order chi connectivity index (χ1) is 6.68. The zero-order valence-electron chi connectivity index (χ0n) is 7.25. The van der Waals surface area contributed by atoms with Gasteiger partial charge in [-0.1, -0.05) is 30.4 Å². The number of hydrogen-bond acceptors (Lipinski definition) is 4. The topological polar surface area (TPSA) is 58.6 Å². The Kier molecular flexibility index (Phi) is 4.73. The van der Waals surface area contributed by atoms with Gasteiger partial charge in [0.15, 0.2) is 0 Å². The molecule has 1 unspecified atom stereocenters. The van der Waals surface area contributed by atoms with E-state index in [2.05, 4.69) is 17.3 Å². The largest absolute Gasteiger partial charge is 0.480 e. The molecular formula is C8H10NO3PS. The Bertz CT molecular complexity index is 296. The number of thiol groups is 1. The van der Waals surface area contributed by atoms with Gasteiger partial charge in [0, 0.05) is 0 Å². The van der Waals surface area contributed by atoms with E-state index in [1.165, 1.54) is 0 Å². The summed E-state index contributed by atoms with van der Waals surface area (Å²) in [4.78, 5) is 10.2. The minimum atomic E-state index is -1.23. The van der Waals surface area contributed by atoms with E-state index in [-0.39, 0.29) is 6.54 Å². The smallest absolute Gasteiger partial charge is 0.317 e. The van der Waals surface area contributed by atoms with E-state index < -0.39 is 13.5 Å². The number of aliphatic carboxylic acids is 1. The fourth-order valence-corrected chi connectivity index (χ4v) is 1.90. The lowest BCUT2D eigenvalue weighted by atomic mass is 10.3. The van der Waals surface area contributed by atoms with Crippen LogP contribution in [0.2, 0.25) is 0 Å². The average Bonchev–Trinajstić information content (AvgIpc) is 2.16. The maximum atomic E-state index is 10.2. The summed E-state index contributed by atoms with van der Waals surface area (Å²) in [5, 5.41) is 11.0. The molecule has 0 saturated carbocycles. The highest BCUT2D eigenvalue weighted by Crippen LogP contribution is 2.37. The van der Waals surface area contributed by atoms with Crippen molar-refractivity contribution in [2.45, 2.75) is 0 Å². The summed E-state index contributed by atoms with van der Waals surface area (Å²) in [6.45, 7) is -0.151. The average molecular weight is 231 g/mol. The van der Waals surface area contributed by atoms with Crippen molar-refractivity contribution in [3.05, 3.63) is 30.3 Å². The maximum absolute atomic E-state index is 10.2. The van der Waals surface area contributed by atoms with Gasteiger partial charge in [-0.25, -0.2) is 5.09 Å². The SMILES string of the molecule is O=C(O)CNP(S)Oc1ccccc1. The van der Waals surface area contributed by atoms with Gasteiger partial charge in [0.2, 0.25) is 7.50 Å². The molecule has 6 heteroatoms. The fourth-order valence-electron chi connectivity index (χ4n) is 0.749. The normalized spacial score (nSPS) is 12.1. The molecule has 1 aromatic carbocycles. The van der Waals surface area contributed by atoms with Gasteiger partial charge in [-0.3, -0.25) is 4.79 Å². The molecule has 2 N–H and O–H groups in total. The van der Waals surface area contributed by atoms with Gasteiger partial charge in [0.1, 0.15) is 12.3 Å². The fraction of sp³-hybridized carbons (Fsp3) is 0.125. The van der Waals surface area contributed by atoms with Crippen LogP contribution >= 0.6 is 19.7 Å². The summed E-state index contributed by atoms with van der Waals surface area (Å²) in [7, 11) is -1.23. The van der Waals surface area contributed by atoms with Crippen molar-refractivity contribution in [1.82, 2.24) is 5.09 Å². The van der Waals surface area contributed by atoms with Gasteiger partial charge in [-0.2, -0.15) is 0 Å². The lowest BCUT2D eigenvalue weighted by molar-refractivity contribution is -0.135. The Balaban J connectivity index is 2.34. The van der Waals surface area contributed by atoms with Crippen LogP contribution in [-0.2, 0) is 4.79 Å². The van der Waals surface area contributed by atoms with Crippen molar-refractivity contribution in [2.75, 3.05) is 6.54 Å². The Morgan fingerprint density at radius 3 is 2.71 bits per heavy atom. The highest BCUT2D eigenvalue weighted by Gasteiger charge is 2.06. The maximum Gasteiger partial charge on any atom is 0.317 e. The predicted molar refractivity (Wildman–Crippen MR) is 58.6 cm³/mol. The van der Waals surface area contributed by atoms with Gasteiger partial charge in [0.25, 0.3) is 0 Å². The van der Waals surface area contributed by atoms with Gasteiger partial charge in [-0.05, 0) is 12.1 Å². The van der Waals surface area contributed by atoms with Gasteiger partial charge in [-0.15, -0.1) is 0 Å². The molecule has 0 fully saturated rings. The second-order valence-electron chi connectivity index (χ2n) is 2.41. The molecule has 0 amide bonds. The standard InChI is InChI=1S/C8H10NO3PS/c10-8(11)6-9-13(14)12-7-4-2-1-3-5-7/h1-5,9,14H,6H2,(H,10,11). The first-order valence-electron chi connectivity index (χ1n) is 3.86. The summed E-state index contributed by atoms with van der Waals surface area (Å²) in [5.74, 6) is -0.255. The number of carboxylic acid groups (broad SMARTS) is 1. The first kappa shape index (κ1) is 11.3.